The van der Waals surface area contributed by atoms with E-state index >= 15 is 0 Å². The summed E-state index contributed by atoms with van der Waals surface area (Å²) in [7, 11) is -2.11. The molecule has 0 aliphatic heterocycles. The Morgan fingerprint density at radius 2 is 2.33 bits per heavy atom. The van der Waals surface area contributed by atoms with Crippen molar-refractivity contribution < 1.29 is 19.5 Å². The van der Waals surface area contributed by atoms with Crippen LogP contribution in [-0.4, -0.2) is 11.9 Å². The third-order valence-corrected chi connectivity index (χ3v) is 0.464. The normalized spacial score (nSPS) is 14.3. The smallest absolute Gasteiger partial charge is 0.225 e. The van der Waals surface area contributed by atoms with E-state index in [0.717, 1.165) is 0 Å². The average molecular weight is 112 g/mol. The SMILES string of the molecule is C[PH](=O)OOO. The van der Waals surface area contributed by atoms with Crippen LogP contribution in [0.5, 0.6) is 0 Å². The molecule has 0 radical (unpaired) electrons. The fraction of sp³-hybridized carbons (Fsp3) is 1.00. The van der Waals surface area contributed by atoms with Crippen LogP contribution in [-0.2, 0) is 14.3 Å². The van der Waals surface area contributed by atoms with Gasteiger partial charge >= 0.3 is 0 Å². The summed E-state index contributed by atoms with van der Waals surface area (Å²) >= 11 is 0. The second kappa shape index (κ2) is 3.31. The van der Waals surface area contributed by atoms with Gasteiger partial charge in [-0.15, -0.1) is 4.67 Å². The molecule has 1 unspecified atom stereocenters. The molecule has 0 amide bonds. The molecule has 0 fully saturated rings. The number of rotatable bonds is 2. The molecule has 0 saturated heterocycles. The Bertz CT molecular complexity index is 51.5. The number of hydrogen-bond donors (Lipinski definition) is 1. The first kappa shape index (κ1) is 6.11. The van der Waals surface area contributed by atoms with Crippen LogP contribution in [0.15, 0.2) is 0 Å². The highest BCUT2D eigenvalue weighted by Gasteiger charge is 1.82. The Hall–Kier alpha value is 0.110. The molecule has 1 atom stereocenters. The summed E-state index contributed by atoms with van der Waals surface area (Å²) in [6.45, 7) is 1.29. The molecular weight excluding hydrogens is 107 g/mol. The summed E-state index contributed by atoms with van der Waals surface area (Å²) in [5.41, 5.74) is 0. The van der Waals surface area contributed by atoms with Gasteiger partial charge in [0.1, 0.15) is 0 Å². The van der Waals surface area contributed by atoms with E-state index in [9.17, 15) is 4.57 Å². The van der Waals surface area contributed by atoms with Crippen LogP contribution in [0.2, 0.25) is 0 Å². The second-order valence-corrected chi connectivity index (χ2v) is 1.80. The quantitative estimate of drug-likeness (QED) is 0.321. The summed E-state index contributed by atoms with van der Waals surface area (Å²) in [6, 6.07) is 0. The maximum Gasteiger partial charge on any atom is 0.225 e. The molecule has 0 bridgehead atoms. The summed E-state index contributed by atoms with van der Waals surface area (Å²) in [5, 5.41) is 10.4. The second-order valence-electron chi connectivity index (χ2n) is 0.649. The topological polar surface area (TPSA) is 55.8 Å². The molecule has 5 heteroatoms. The van der Waals surface area contributed by atoms with E-state index in [-0.39, 0.29) is 0 Å². The minimum Gasteiger partial charge on any atom is -0.294 e. The van der Waals surface area contributed by atoms with E-state index in [2.05, 4.69) is 9.71 Å². The first-order valence-electron chi connectivity index (χ1n) is 1.26. The molecule has 0 aromatic heterocycles. The molecule has 0 saturated carbocycles. The lowest BCUT2D eigenvalue weighted by Crippen LogP contribution is -1.73. The third kappa shape index (κ3) is 4.11. The lowest BCUT2D eigenvalue weighted by Gasteiger charge is -1.84. The van der Waals surface area contributed by atoms with Crippen molar-refractivity contribution in [2.45, 2.75) is 0 Å². The van der Waals surface area contributed by atoms with Gasteiger partial charge < -0.3 is 0 Å². The Balaban J connectivity index is 2.83. The molecule has 6 heavy (non-hydrogen) atoms. The van der Waals surface area contributed by atoms with Gasteiger partial charge in [-0.25, -0.2) is 5.26 Å². The van der Waals surface area contributed by atoms with Crippen LogP contribution < -0.4 is 0 Å². The van der Waals surface area contributed by atoms with Crippen molar-refractivity contribution in [3.05, 3.63) is 0 Å². The molecule has 0 spiro atoms. The van der Waals surface area contributed by atoms with Gasteiger partial charge in [0, 0.05) is 6.66 Å². The Morgan fingerprint density at radius 1 is 1.83 bits per heavy atom. The van der Waals surface area contributed by atoms with Crippen molar-refractivity contribution in [3.8, 4) is 0 Å². The Morgan fingerprint density at radius 3 is 2.33 bits per heavy atom. The molecule has 0 aromatic carbocycles. The zero-order valence-electron chi connectivity index (χ0n) is 3.17. The highest BCUT2D eigenvalue weighted by Crippen LogP contribution is 2.13. The van der Waals surface area contributed by atoms with Crippen molar-refractivity contribution in [1.82, 2.24) is 0 Å². The zero-order valence-corrected chi connectivity index (χ0v) is 4.17. The minimum atomic E-state index is -2.11. The van der Waals surface area contributed by atoms with Gasteiger partial charge in [-0.05, 0) is 0 Å². The molecule has 0 heterocycles. The Labute approximate surface area is 35.4 Å². The predicted molar refractivity (Wildman–Crippen MR) is 19.7 cm³/mol. The van der Waals surface area contributed by atoms with Crippen molar-refractivity contribution in [1.29, 1.82) is 0 Å². The average Bonchev–Trinajstić information content (AvgIpc) is 1.35. The zero-order chi connectivity index (χ0) is 4.99. The van der Waals surface area contributed by atoms with Crippen molar-refractivity contribution in [2.75, 3.05) is 6.66 Å². The third-order valence-electron chi connectivity index (χ3n) is 0.155. The van der Waals surface area contributed by atoms with Gasteiger partial charge in [-0.3, -0.25) is 4.57 Å². The molecular formula is CH5O4P. The summed E-state index contributed by atoms with van der Waals surface area (Å²) in [4.78, 5) is 0. The van der Waals surface area contributed by atoms with Gasteiger partial charge in [-0.2, -0.15) is 0 Å². The molecule has 0 aliphatic rings. The van der Waals surface area contributed by atoms with Gasteiger partial charge in [0.25, 0.3) is 0 Å². The standard InChI is InChI=1S/CH5O4P/c1-6(3)5-4-2/h2,6H,1H3. The van der Waals surface area contributed by atoms with E-state index in [1.165, 1.54) is 6.66 Å². The molecule has 38 valence electrons. The first-order valence-corrected chi connectivity index (χ1v) is 3.07. The summed E-state index contributed by atoms with van der Waals surface area (Å²) in [6.07, 6.45) is 0. The molecule has 1 N–H and O–H groups in total. The van der Waals surface area contributed by atoms with Gasteiger partial charge in [-0.1, -0.05) is 5.04 Å². The van der Waals surface area contributed by atoms with Crippen molar-refractivity contribution in [3.63, 3.8) is 0 Å². The largest absolute Gasteiger partial charge is 0.294 e. The van der Waals surface area contributed by atoms with E-state index in [1.807, 2.05) is 0 Å². The minimum absolute atomic E-state index is 1.29. The van der Waals surface area contributed by atoms with Crippen LogP contribution in [0.3, 0.4) is 0 Å². The first-order chi connectivity index (χ1) is 2.77. The van der Waals surface area contributed by atoms with E-state index < -0.39 is 8.03 Å². The van der Waals surface area contributed by atoms with Gasteiger partial charge in [0.15, 0.2) is 0 Å². The maximum absolute atomic E-state index is 9.72. The molecule has 0 aromatic rings. The summed E-state index contributed by atoms with van der Waals surface area (Å²) in [5.74, 6) is 0. The fourth-order valence-electron chi connectivity index (χ4n) is 0.0525. The number of hydrogen-bond acceptors (Lipinski definition) is 4. The van der Waals surface area contributed by atoms with Crippen LogP contribution in [0, 0.1) is 0 Å². The van der Waals surface area contributed by atoms with Crippen molar-refractivity contribution in [2.24, 2.45) is 0 Å². The summed E-state index contributed by atoms with van der Waals surface area (Å²) < 4.78 is 13.4. The van der Waals surface area contributed by atoms with E-state index in [1.54, 1.807) is 0 Å². The van der Waals surface area contributed by atoms with Crippen LogP contribution in [0.25, 0.3) is 0 Å². The predicted octanol–water partition coefficient (Wildman–Crippen LogP) is 0.512. The van der Waals surface area contributed by atoms with Gasteiger partial charge in [0.2, 0.25) is 8.03 Å². The molecule has 0 aliphatic carbocycles. The van der Waals surface area contributed by atoms with Crippen molar-refractivity contribution >= 4 is 8.03 Å². The van der Waals surface area contributed by atoms with Crippen LogP contribution >= 0.6 is 8.03 Å². The van der Waals surface area contributed by atoms with E-state index in [0.29, 0.717) is 0 Å². The van der Waals surface area contributed by atoms with E-state index in [4.69, 9.17) is 5.26 Å². The molecule has 4 nitrogen and oxygen atoms in total. The van der Waals surface area contributed by atoms with Crippen LogP contribution in [0.4, 0.5) is 0 Å². The molecule has 0 rings (SSSR count). The Kier molecular flexibility index (Phi) is 3.37. The van der Waals surface area contributed by atoms with Gasteiger partial charge in [0.05, 0.1) is 0 Å². The fourth-order valence-corrected chi connectivity index (χ4v) is 0.157. The maximum atomic E-state index is 9.72. The lowest BCUT2D eigenvalue weighted by molar-refractivity contribution is -0.437. The lowest BCUT2D eigenvalue weighted by atomic mass is 12.0. The monoisotopic (exact) mass is 112 g/mol. The van der Waals surface area contributed by atoms with Crippen LogP contribution in [0.1, 0.15) is 0 Å². The highest BCUT2D eigenvalue weighted by molar-refractivity contribution is 7.37. The highest BCUT2D eigenvalue weighted by atomic mass is 31.1.